The van der Waals surface area contributed by atoms with Crippen molar-refractivity contribution in [2.75, 3.05) is 20.2 Å². The van der Waals surface area contributed by atoms with Crippen LogP contribution in [0, 0.1) is 5.92 Å². The molecule has 0 spiro atoms. The Bertz CT molecular complexity index is 1420. The van der Waals surface area contributed by atoms with Gasteiger partial charge in [0.15, 0.2) is 0 Å². The van der Waals surface area contributed by atoms with Gasteiger partial charge in [0.1, 0.15) is 18.0 Å². The van der Waals surface area contributed by atoms with Crippen LogP contribution in [0.4, 0.5) is 0 Å². The van der Waals surface area contributed by atoms with Crippen LogP contribution in [0.5, 0.6) is 5.75 Å². The number of ether oxygens (including phenoxy) is 3. The summed E-state index contributed by atoms with van der Waals surface area (Å²) in [6.45, 7) is 6.03. The second-order valence-corrected chi connectivity index (χ2v) is 12.7. The molecular weight excluding hydrogens is 530 g/mol. The average Bonchev–Trinajstić information content (AvgIpc) is 2.89. The Hall–Kier alpha value is -3.69. The monoisotopic (exact) mass is 565 g/mol. The van der Waals surface area contributed by atoms with Gasteiger partial charge >= 0.3 is 11.9 Å². The Balaban J connectivity index is 1.42. The Kier molecular flexibility index (Phi) is 8.95. The minimum atomic E-state index is -3.68. The first kappa shape index (κ1) is 29.3. The number of hydrogen-bond acceptors (Lipinski definition) is 7. The van der Waals surface area contributed by atoms with Crippen molar-refractivity contribution in [2.45, 2.75) is 50.2 Å². The average molecular weight is 566 g/mol. The van der Waals surface area contributed by atoms with Gasteiger partial charge in [-0.25, -0.2) is 8.42 Å². The van der Waals surface area contributed by atoms with Crippen LogP contribution in [0.2, 0.25) is 0 Å². The standard InChI is InChI=1S/C31H35NO7S/c1-31(2,3)39-29(33)18-28(23-9-6-5-7-10-23)24-11-8-12-26(17-24)38-21-22-13-15-27(16-14-22)40(35,36)32-19-25(20-32)30(34)37-4/h5-17,25,28H,18-21H2,1-4H3/t28-/m0/s1. The highest BCUT2D eigenvalue weighted by molar-refractivity contribution is 7.89. The molecule has 3 aromatic rings. The third kappa shape index (κ3) is 7.28. The van der Waals surface area contributed by atoms with Gasteiger partial charge in [-0.15, -0.1) is 0 Å². The van der Waals surface area contributed by atoms with E-state index in [2.05, 4.69) is 4.74 Å². The van der Waals surface area contributed by atoms with Crippen LogP contribution in [0.15, 0.2) is 83.8 Å². The number of esters is 2. The lowest BCUT2D eigenvalue weighted by Gasteiger charge is -2.36. The molecule has 4 rings (SSSR count). The summed E-state index contributed by atoms with van der Waals surface area (Å²) in [4.78, 5) is 24.5. The lowest BCUT2D eigenvalue weighted by Crippen LogP contribution is -2.53. The number of rotatable bonds is 10. The molecule has 8 nitrogen and oxygen atoms in total. The lowest BCUT2D eigenvalue weighted by atomic mass is 9.88. The van der Waals surface area contributed by atoms with E-state index in [1.807, 2.05) is 75.4 Å². The van der Waals surface area contributed by atoms with Crippen molar-refractivity contribution in [3.8, 4) is 5.75 Å². The minimum Gasteiger partial charge on any atom is -0.489 e. The number of nitrogens with zero attached hydrogens (tertiary/aromatic N) is 1. The summed E-state index contributed by atoms with van der Waals surface area (Å²) < 4.78 is 43.3. The highest BCUT2D eigenvalue weighted by Gasteiger charge is 2.41. The molecule has 0 saturated carbocycles. The van der Waals surface area contributed by atoms with E-state index in [1.54, 1.807) is 24.3 Å². The Morgan fingerprint density at radius 1 is 0.925 bits per heavy atom. The van der Waals surface area contributed by atoms with Crippen LogP contribution in [-0.4, -0.2) is 50.5 Å². The molecule has 0 aliphatic carbocycles. The van der Waals surface area contributed by atoms with Crippen molar-refractivity contribution in [2.24, 2.45) is 5.92 Å². The molecule has 1 aliphatic rings. The molecule has 0 aromatic heterocycles. The van der Waals surface area contributed by atoms with Gasteiger partial charge in [0.25, 0.3) is 0 Å². The van der Waals surface area contributed by atoms with Gasteiger partial charge in [-0.1, -0.05) is 54.6 Å². The van der Waals surface area contributed by atoms with Crippen LogP contribution in [-0.2, 0) is 35.7 Å². The topological polar surface area (TPSA) is 99.2 Å². The molecule has 0 radical (unpaired) electrons. The molecule has 1 heterocycles. The van der Waals surface area contributed by atoms with Crippen molar-refractivity contribution in [1.82, 2.24) is 4.31 Å². The maximum Gasteiger partial charge on any atom is 0.311 e. The molecule has 0 bridgehead atoms. The molecule has 3 aromatic carbocycles. The van der Waals surface area contributed by atoms with E-state index in [0.29, 0.717) is 5.75 Å². The summed E-state index contributed by atoms with van der Waals surface area (Å²) in [6.07, 6.45) is 0.193. The molecule has 40 heavy (non-hydrogen) atoms. The first-order chi connectivity index (χ1) is 19.0. The molecule has 1 aliphatic heterocycles. The quantitative estimate of drug-likeness (QED) is 0.322. The molecule has 212 valence electrons. The van der Waals surface area contributed by atoms with Gasteiger partial charge in [0, 0.05) is 19.0 Å². The number of carbonyl (C=O) groups is 2. The zero-order chi connectivity index (χ0) is 28.9. The highest BCUT2D eigenvalue weighted by atomic mass is 32.2. The Morgan fingerprint density at radius 2 is 1.57 bits per heavy atom. The van der Waals surface area contributed by atoms with Gasteiger partial charge in [-0.05, 0) is 61.7 Å². The van der Waals surface area contributed by atoms with Gasteiger partial charge in [-0.2, -0.15) is 4.31 Å². The largest absolute Gasteiger partial charge is 0.489 e. The van der Waals surface area contributed by atoms with Crippen LogP contribution >= 0.6 is 0 Å². The predicted octanol–water partition coefficient (Wildman–Crippen LogP) is 4.92. The van der Waals surface area contributed by atoms with Crippen LogP contribution in [0.1, 0.15) is 49.8 Å². The summed E-state index contributed by atoms with van der Waals surface area (Å²) in [6, 6.07) is 23.9. The number of hydrogen-bond donors (Lipinski definition) is 0. The fraction of sp³-hybridized carbons (Fsp3) is 0.355. The summed E-state index contributed by atoms with van der Waals surface area (Å²) in [5.74, 6) is -0.670. The molecule has 0 amide bonds. The molecule has 9 heteroatoms. The summed E-state index contributed by atoms with van der Waals surface area (Å²) in [7, 11) is -2.38. The van der Waals surface area contributed by atoms with Crippen molar-refractivity contribution >= 4 is 22.0 Å². The maximum absolute atomic E-state index is 12.8. The number of carbonyl (C=O) groups excluding carboxylic acids is 2. The SMILES string of the molecule is COC(=O)C1CN(S(=O)(=O)c2ccc(COc3cccc([C@@H](CC(=O)OC(C)(C)C)c4ccccc4)c3)cc2)C1. The van der Waals surface area contributed by atoms with Gasteiger partial charge in [-0.3, -0.25) is 9.59 Å². The minimum absolute atomic E-state index is 0.119. The first-order valence-electron chi connectivity index (χ1n) is 13.1. The van der Waals surface area contributed by atoms with Gasteiger partial charge in [0.05, 0.1) is 24.3 Å². The lowest BCUT2D eigenvalue weighted by molar-refractivity contribution is -0.155. The summed E-state index contributed by atoms with van der Waals surface area (Å²) >= 11 is 0. The van der Waals surface area contributed by atoms with Crippen LogP contribution in [0.25, 0.3) is 0 Å². The first-order valence-corrected chi connectivity index (χ1v) is 14.6. The van der Waals surface area contributed by atoms with Crippen LogP contribution in [0.3, 0.4) is 0 Å². The zero-order valence-corrected chi connectivity index (χ0v) is 24.0. The molecule has 1 saturated heterocycles. The second kappa shape index (κ2) is 12.2. The van der Waals surface area contributed by atoms with Crippen molar-refractivity contribution < 1.29 is 32.2 Å². The fourth-order valence-electron chi connectivity index (χ4n) is 4.51. The zero-order valence-electron chi connectivity index (χ0n) is 23.2. The third-order valence-corrected chi connectivity index (χ3v) is 8.45. The van der Waals surface area contributed by atoms with Crippen molar-refractivity contribution in [3.05, 3.63) is 95.6 Å². The highest BCUT2D eigenvalue weighted by Crippen LogP contribution is 2.32. The number of sulfonamides is 1. The smallest absolute Gasteiger partial charge is 0.311 e. The van der Waals surface area contributed by atoms with E-state index in [-0.39, 0.29) is 42.9 Å². The fourth-order valence-corrected chi connectivity index (χ4v) is 6.04. The summed E-state index contributed by atoms with van der Waals surface area (Å²) in [5, 5.41) is 0. The predicted molar refractivity (Wildman–Crippen MR) is 150 cm³/mol. The van der Waals surface area contributed by atoms with E-state index in [0.717, 1.165) is 16.7 Å². The normalized spacial score (nSPS) is 15.1. The molecule has 0 unspecified atom stereocenters. The molecule has 1 atom stereocenters. The van der Waals surface area contributed by atoms with E-state index < -0.39 is 27.5 Å². The van der Waals surface area contributed by atoms with Crippen molar-refractivity contribution in [3.63, 3.8) is 0 Å². The van der Waals surface area contributed by atoms with Crippen LogP contribution < -0.4 is 4.74 Å². The third-order valence-electron chi connectivity index (χ3n) is 6.60. The van der Waals surface area contributed by atoms with Gasteiger partial charge in [0.2, 0.25) is 10.0 Å². The summed E-state index contributed by atoms with van der Waals surface area (Å²) in [5.41, 5.74) is 2.16. The number of methoxy groups -OCH3 is 1. The maximum atomic E-state index is 12.8. The van der Waals surface area contributed by atoms with E-state index in [1.165, 1.54) is 11.4 Å². The van der Waals surface area contributed by atoms with E-state index in [4.69, 9.17) is 9.47 Å². The van der Waals surface area contributed by atoms with E-state index >= 15 is 0 Å². The second-order valence-electron chi connectivity index (χ2n) is 10.8. The molecule has 0 N–H and O–H groups in total. The van der Waals surface area contributed by atoms with Gasteiger partial charge < -0.3 is 14.2 Å². The molecular formula is C31H35NO7S. The Morgan fingerprint density at radius 3 is 2.20 bits per heavy atom. The number of benzene rings is 3. The Labute approximate surface area is 235 Å². The van der Waals surface area contributed by atoms with Crippen molar-refractivity contribution in [1.29, 1.82) is 0 Å². The molecule has 1 fully saturated rings. The van der Waals surface area contributed by atoms with E-state index in [9.17, 15) is 18.0 Å².